The normalized spacial score (nSPS) is 14.8. The number of benzene rings is 2. The molecule has 4 aromatic rings. The second kappa shape index (κ2) is 8.24. The molecule has 1 amide bonds. The van der Waals surface area contributed by atoms with Crippen molar-refractivity contribution in [3.8, 4) is 5.69 Å². The number of oxazole rings is 1. The van der Waals surface area contributed by atoms with Crippen molar-refractivity contribution in [1.29, 1.82) is 0 Å². The first-order chi connectivity index (χ1) is 15.5. The van der Waals surface area contributed by atoms with E-state index >= 15 is 0 Å². The maximum absolute atomic E-state index is 13.1. The van der Waals surface area contributed by atoms with Gasteiger partial charge in [-0.05, 0) is 56.2 Å². The Hall–Kier alpha value is -3.45. The highest BCUT2D eigenvalue weighted by Gasteiger charge is 2.29. The van der Waals surface area contributed by atoms with Crippen molar-refractivity contribution in [2.75, 3.05) is 13.1 Å². The third kappa shape index (κ3) is 3.80. The summed E-state index contributed by atoms with van der Waals surface area (Å²) in [6.45, 7) is 2.80. The molecule has 1 aliphatic heterocycles. The van der Waals surface area contributed by atoms with Crippen LogP contribution in [0.3, 0.4) is 0 Å². The van der Waals surface area contributed by atoms with Crippen LogP contribution in [-0.4, -0.2) is 38.7 Å². The molecule has 0 spiro atoms. The summed E-state index contributed by atoms with van der Waals surface area (Å²) in [4.78, 5) is 32.0. The molecule has 0 unspecified atom stereocenters. The zero-order chi connectivity index (χ0) is 22.2. The summed E-state index contributed by atoms with van der Waals surface area (Å²) in [5.41, 5.74) is 2.53. The van der Waals surface area contributed by atoms with Crippen LogP contribution in [0.1, 0.15) is 40.8 Å². The number of aryl methyl sites for hydroxylation is 1. The van der Waals surface area contributed by atoms with Gasteiger partial charge in [0.15, 0.2) is 17.2 Å². The Bertz CT molecular complexity index is 1320. The van der Waals surface area contributed by atoms with Gasteiger partial charge in [0.2, 0.25) is 5.43 Å². The lowest BCUT2D eigenvalue weighted by atomic mass is 9.96. The lowest BCUT2D eigenvalue weighted by molar-refractivity contribution is 0.0697. The Balaban J connectivity index is 1.35. The van der Waals surface area contributed by atoms with Gasteiger partial charge < -0.3 is 9.32 Å². The number of carbonyl (C=O) groups is 1. The smallest absolute Gasteiger partial charge is 0.278 e. The van der Waals surface area contributed by atoms with Gasteiger partial charge in [0.1, 0.15) is 5.52 Å². The Labute approximate surface area is 189 Å². The summed E-state index contributed by atoms with van der Waals surface area (Å²) < 4.78 is 7.50. The molecule has 3 heterocycles. The molecule has 0 radical (unpaired) electrons. The molecular weight excluding hydrogens is 428 g/mol. The number of rotatable bonds is 3. The van der Waals surface area contributed by atoms with Crippen molar-refractivity contribution in [3.05, 3.63) is 87.1 Å². The number of halogens is 1. The number of para-hydroxylation sites is 2. The summed E-state index contributed by atoms with van der Waals surface area (Å²) >= 11 is 5.97. The highest BCUT2D eigenvalue weighted by atomic mass is 35.5. The largest absolute Gasteiger partial charge is 0.440 e. The lowest BCUT2D eigenvalue weighted by Crippen LogP contribution is -2.41. The zero-order valence-electron chi connectivity index (χ0n) is 17.5. The standard InChI is InChI=1S/C24H21ClN4O3/c1-15-14-20(30)22(27-29(15)18-8-6-17(25)7-9-18)24(31)28-12-10-16(11-13-28)23-26-19-4-2-3-5-21(19)32-23/h2-9,14,16H,10-13H2,1H3. The van der Waals surface area contributed by atoms with Crippen molar-refractivity contribution >= 4 is 28.6 Å². The van der Waals surface area contributed by atoms with Crippen LogP contribution in [0.15, 0.2) is 63.8 Å². The number of likely N-dealkylation sites (tertiary alicyclic amines) is 1. The maximum Gasteiger partial charge on any atom is 0.278 e. The van der Waals surface area contributed by atoms with E-state index < -0.39 is 0 Å². The minimum atomic E-state index is -0.376. The third-order valence-corrected chi connectivity index (χ3v) is 6.08. The van der Waals surface area contributed by atoms with Crippen LogP contribution in [0.4, 0.5) is 0 Å². The van der Waals surface area contributed by atoms with Crippen LogP contribution in [-0.2, 0) is 0 Å². The fourth-order valence-corrected chi connectivity index (χ4v) is 4.21. The van der Waals surface area contributed by atoms with Gasteiger partial charge in [-0.15, -0.1) is 0 Å². The highest BCUT2D eigenvalue weighted by Crippen LogP contribution is 2.30. The molecule has 1 aliphatic rings. The third-order valence-electron chi connectivity index (χ3n) is 5.82. The second-order valence-corrected chi connectivity index (χ2v) is 8.41. The van der Waals surface area contributed by atoms with Gasteiger partial charge in [0.25, 0.3) is 5.91 Å². The quantitative estimate of drug-likeness (QED) is 0.465. The van der Waals surface area contributed by atoms with Crippen LogP contribution in [0.25, 0.3) is 16.8 Å². The summed E-state index contributed by atoms with van der Waals surface area (Å²) in [5, 5.41) is 4.99. The number of hydrogen-bond donors (Lipinski definition) is 0. The van der Waals surface area contributed by atoms with E-state index in [1.807, 2.05) is 24.3 Å². The van der Waals surface area contributed by atoms with Gasteiger partial charge in [-0.3, -0.25) is 9.59 Å². The molecule has 32 heavy (non-hydrogen) atoms. The zero-order valence-corrected chi connectivity index (χ0v) is 18.2. The SMILES string of the molecule is Cc1cc(=O)c(C(=O)N2CCC(c3nc4ccccc4o3)CC2)nn1-c1ccc(Cl)cc1. The molecule has 0 bridgehead atoms. The number of piperidine rings is 1. The van der Waals surface area contributed by atoms with Crippen LogP contribution in [0.2, 0.25) is 5.02 Å². The molecular formula is C24H21ClN4O3. The van der Waals surface area contributed by atoms with E-state index in [4.69, 9.17) is 16.0 Å². The van der Waals surface area contributed by atoms with Crippen LogP contribution in [0.5, 0.6) is 0 Å². The van der Waals surface area contributed by atoms with E-state index in [1.165, 1.54) is 6.07 Å². The van der Waals surface area contributed by atoms with Gasteiger partial charge >= 0.3 is 0 Å². The average Bonchev–Trinajstić information content (AvgIpc) is 3.24. The molecule has 5 rings (SSSR count). The molecule has 1 fully saturated rings. The maximum atomic E-state index is 13.1. The van der Waals surface area contributed by atoms with Crippen molar-refractivity contribution in [2.24, 2.45) is 0 Å². The van der Waals surface area contributed by atoms with Gasteiger partial charge in [0.05, 0.1) is 5.69 Å². The summed E-state index contributed by atoms with van der Waals surface area (Å²) in [7, 11) is 0. The Morgan fingerprint density at radius 3 is 2.53 bits per heavy atom. The van der Waals surface area contributed by atoms with Gasteiger partial charge in [0, 0.05) is 35.8 Å². The number of aromatic nitrogens is 3. The first-order valence-corrected chi connectivity index (χ1v) is 10.9. The fraction of sp³-hybridized carbons (Fsp3) is 0.250. The first-order valence-electron chi connectivity index (χ1n) is 10.5. The molecule has 0 aliphatic carbocycles. The predicted molar refractivity (Wildman–Crippen MR) is 121 cm³/mol. The number of nitrogens with zero attached hydrogens (tertiary/aromatic N) is 4. The van der Waals surface area contributed by atoms with Crippen molar-refractivity contribution in [1.82, 2.24) is 19.7 Å². The van der Waals surface area contributed by atoms with Crippen molar-refractivity contribution in [3.63, 3.8) is 0 Å². The number of carbonyl (C=O) groups excluding carboxylic acids is 1. The predicted octanol–water partition coefficient (Wildman–Crippen LogP) is 4.36. The minimum absolute atomic E-state index is 0.0779. The lowest BCUT2D eigenvalue weighted by Gasteiger charge is -2.30. The molecule has 0 saturated carbocycles. The first kappa shape index (κ1) is 20.5. The van der Waals surface area contributed by atoms with E-state index in [-0.39, 0.29) is 22.9 Å². The molecule has 7 nitrogen and oxygen atoms in total. The summed E-state index contributed by atoms with van der Waals surface area (Å²) in [5.74, 6) is 0.494. The van der Waals surface area contributed by atoms with E-state index in [0.717, 1.165) is 29.6 Å². The van der Waals surface area contributed by atoms with E-state index in [2.05, 4.69) is 10.1 Å². The van der Waals surface area contributed by atoms with Gasteiger partial charge in [-0.25, -0.2) is 9.67 Å². The van der Waals surface area contributed by atoms with Gasteiger partial charge in [-0.1, -0.05) is 23.7 Å². The average molecular weight is 449 g/mol. The molecule has 8 heteroatoms. The van der Waals surface area contributed by atoms with Crippen LogP contribution >= 0.6 is 11.6 Å². The molecule has 0 atom stereocenters. The second-order valence-electron chi connectivity index (χ2n) is 7.97. The van der Waals surface area contributed by atoms with E-state index in [9.17, 15) is 9.59 Å². The van der Waals surface area contributed by atoms with Crippen molar-refractivity contribution in [2.45, 2.75) is 25.7 Å². The molecule has 2 aromatic heterocycles. The number of hydrogen-bond acceptors (Lipinski definition) is 5. The Morgan fingerprint density at radius 1 is 1.09 bits per heavy atom. The minimum Gasteiger partial charge on any atom is -0.440 e. The topological polar surface area (TPSA) is 81.2 Å². The van der Waals surface area contributed by atoms with E-state index in [0.29, 0.717) is 29.7 Å². The number of amides is 1. The Kier molecular flexibility index (Phi) is 5.27. The molecule has 1 saturated heterocycles. The van der Waals surface area contributed by atoms with Crippen molar-refractivity contribution < 1.29 is 9.21 Å². The summed E-state index contributed by atoms with van der Waals surface area (Å²) in [6, 6.07) is 16.2. The summed E-state index contributed by atoms with van der Waals surface area (Å²) in [6.07, 6.45) is 1.44. The fourth-order valence-electron chi connectivity index (χ4n) is 4.08. The van der Waals surface area contributed by atoms with E-state index in [1.54, 1.807) is 40.8 Å². The molecule has 162 valence electrons. The monoisotopic (exact) mass is 448 g/mol. The molecule has 0 N–H and O–H groups in total. The number of fused-ring (bicyclic) bond motifs is 1. The van der Waals surface area contributed by atoms with Crippen LogP contribution < -0.4 is 5.43 Å². The molecule has 2 aromatic carbocycles. The Morgan fingerprint density at radius 2 is 1.81 bits per heavy atom. The van der Waals surface area contributed by atoms with Crippen LogP contribution in [0, 0.1) is 6.92 Å². The highest BCUT2D eigenvalue weighted by molar-refractivity contribution is 6.30. The van der Waals surface area contributed by atoms with Gasteiger partial charge in [-0.2, -0.15) is 5.10 Å².